The molecule has 150 valence electrons. The molecule has 0 saturated carbocycles. The van der Waals surface area contributed by atoms with Crippen LogP contribution in [0.25, 0.3) is 0 Å². The molecule has 28 heavy (non-hydrogen) atoms. The minimum atomic E-state index is -3.87. The number of anilines is 2. The second-order valence-electron chi connectivity index (χ2n) is 7.33. The fraction of sp³-hybridized carbons (Fsp3) is 0.381. The average Bonchev–Trinajstić information content (AvgIpc) is 2.68. The van der Waals surface area contributed by atoms with Crippen LogP contribution in [0.2, 0.25) is 0 Å². The Morgan fingerprint density at radius 3 is 2.54 bits per heavy atom. The van der Waals surface area contributed by atoms with Gasteiger partial charge in [-0.2, -0.15) is 0 Å². The maximum absolute atomic E-state index is 12.7. The lowest BCUT2D eigenvalue weighted by molar-refractivity contribution is 0.0698. The van der Waals surface area contributed by atoms with Crippen molar-refractivity contribution in [2.75, 3.05) is 22.7 Å². The standard InChI is InChI=1S/C21H26N2O4S/c1-3-16-6-9-18(10-7-16)28(26,27)22-20-11-8-17(13-19(20)21(24)25)23-12-4-5-15(2)14-23/h6-11,13,15,22H,3-5,12,14H2,1-2H3,(H,24,25)/t15-/m0/s1. The number of carbonyl (C=O) groups is 1. The molecule has 0 unspecified atom stereocenters. The van der Waals surface area contributed by atoms with Crippen molar-refractivity contribution in [1.29, 1.82) is 0 Å². The molecule has 2 aromatic rings. The first-order valence-corrected chi connectivity index (χ1v) is 11.0. The number of aromatic carboxylic acids is 1. The van der Waals surface area contributed by atoms with Gasteiger partial charge < -0.3 is 10.0 Å². The summed E-state index contributed by atoms with van der Waals surface area (Å²) in [5.41, 5.74) is 1.86. The molecule has 1 aliphatic heterocycles. The summed E-state index contributed by atoms with van der Waals surface area (Å²) in [5, 5.41) is 9.62. The maximum Gasteiger partial charge on any atom is 0.337 e. The highest BCUT2D eigenvalue weighted by Gasteiger charge is 2.22. The number of sulfonamides is 1. The average molecular weight is 403 g/mol. The number of hydrogen-bond donors (Lipinski definition) is 2. The summed E-state index contributed by atoms with van der Waals surface area (Å²) >= 11 is 0. The quantitative estimate of drug-likeness (QED) is 0.763. The molecule has 1 saturated heterocycles. The van der Waals surface area contributed by atoms with E-state index in [4.69, 9.17) is 0 Å². The third-order valence-corrected chi connectivity index (χ3v) is 6.52. The summed E-state index contributed by atoms with van der Waals surface area (Å²) in [7, 11) is -3.87. The van der Waals surface area contributed by atoms with E-state index < -0.39 is 16.0 Å². The summed E-state index contributed by atoms with van der Waals surface area (Å²) < 4.78 is 27.8. The number of nitrogens with one attached hydrogen (secondary N) is 1. The summed E-state index contributed by atoms with van der Waals surface area (Å²) in [6, 6.07) is 11.5. The fourth-order valence-electron chi connectivity index (χ4n) is 3.53. The lowest BCUT2D eigenvalue weighted by Crippen LogP contribution is -2.34. The highest BCUT2D eigenvalue weighted by Crippen LogP contribution is 2.28. The molecular formula is C21H26N2O4S. The Morgan fingerprint density at radius 2 is 1.93 bits per heavy atom. The van der Waals surface area contributed by atoms with E-state index in [0.717, 1.165) is 43.6 Å². The van der Waals surface area contributed by atoms with Gasteiger partial charge in [-0.15, -0.1) is 0 Å². The van der Waals surface area contributed by atoms with Crippen molar-refractivity contribution >= 4 is 27.4 Å². The Labute approximate surface area is 166 Å². The number of rotatable bonds is 6. The number of piperidine rings is 1. The minimum Gasteiger partial charge on any atom is -0.478 e. The highest BCUT2D eigenvalue weighted by atomic mass is 32.2. The molecule has 0 amide bonds. The second-order valence-corrected chi connectivity index (χ2v) is 9.01. The monoisotopic (exact) mass is 402 g/mol. The SMILES string of the molecule is CCc1ccc(S(=O)(=O)Nc2ccc(N3CCC[C@H](C)C3)cc2C(=O)O)cc1. The van der Waals surface area contributed by atoms with Gasteiger partial charge in [0.25, 0.3) is 10.0 Å². The molecular weight excluding hydrogens is 376 g/mol. The van der Waals surface area contributed by atoms with Crippen LogP contribution >= 0.6 is 0 Å². The van der Waals surface area contributed by atoms with Crippen molar-refractivity contribution in [1.82, 2.24) is 0 Å². The van der Waals surface area contributed by atoms with Crippen molar-refractivity contribution in [3.63, 3.8) is 0 Å². The molecule has 2 aromatic carbocycles. The molecule has 1 heterocycles. The third-order valence-electron chi connectivity index (χ3n) is 5.14. The number of hydrogen-bond acceptors (Lipinski definition) is 4. The smallest absolute Gasteiger partial charge is 0.337 e. The van der Waals surface area contributed by atoms with E-state index in [1.54, 1.807) is 24.3 Å². The van der Waals surface area contributed by atoms with Crippen LogP contribution in [0, 0.1) is 5.92 Å². The maximum atomic E-state index is 12.7. The van der Waals surface area contributed by atoms with Crippen LogP contribution in [0.1, 0.15) is 42.6 Å². The normalized spacial score (nSPS) is 17.4. The van der Waals surface area contributed by atoms with Crippen molar-refractivity contribution in [3.8, 4) is 0 Å². The molecule has 0 aliphatic carbocycles. The zero-order valence-electron chi connectivity index (χ0n) is 16.2. The summed E-state index contributed by atoms with van der Waals surface area (Å²) in [6.45, 7) is 5.91. The molecule has 0 aromatic heterocycles. The van der Waals surface area contributed by atoms with Gasteiger partial charge in [-0.25, -0.2) is 13.2 Å². The third kappa shape index (κ3) is 4.47. The van der Waals surface area contributed by atoms with E-state index >= 15 is 0 Å². The molecule has 7 heteroatoms. The van der Waals surface area contributed by atoms with E-state index in [0.29, 0.717) is 5.92 Å². The molecule has 2 N–H and O–H groups in total. The van der Waals surface area contributed by atoms with Crippen LogP contribution < -0.4 is 9.62 Å². The minimum absolute atomic E-state index is 0.0514. The van der Waals surface area contributed by atoms with Crippen LogP contribution in [-0.2, 0) is 16.4 Å². The molecule has 3 rings (SSSR count). The van der Waals surface area contributed by atoms with Crippen LogP contribution in [0.15, 0.2) is 47.4 Å². The van der Waals surface area contributed by atoms with E-state index in [1.807, 2.05) is 6.92 Å². The van der Waals surface area contributed by atoms with Gasteiger partial charge >= 0.3 is 5.97 Å². The molecule has 1 aliphatic rings. The largest absolute Gasteiger partial charge is 0.478 e. The van der Waals surface area contributed by atoms with Gasteiger partial charge in [-0.3, -0.25) is 4.72 Å². The van der Waals surface area contributed by atoms with Gasteiger partial charge in [0.15, 0.2) is 0 Å². The van der Waals surface area contributed by atoms with Crippen molar-refractivity contribution < 1.29 is 18.3 Å². The number of benzene rings is 2. The first-order valence-electron chi connectivity index (χ1n) is 9.54. The van der Waals surface area contributed by atoms with Gasteiger partial charge in [-0.1, -0.05) is 26.0 Å². The number of aryl methyl sites for hydroxylation is 1. The van der Waals surface area contributed by atoms with Gasteiger partial charge in [0.2, 0.25) is 0 Å². The summed E-state index contributed by atoms with van der Waals surface area (Å²) in [6.07, 6.45) is 3.04. The Bertz CT molecular complexity index is 955. The van der Waals surface area contributed by atoms with Crippen molar-refractivity contribution in [3.05, 3.63) is 53.6 Å². The summed E-state index contributed by atoms with van der Waals surface area (Å²) in [4.78, 5) is 14.0. The molecule has 1 atom stereocenters. The van der Waals surface area contributed by atoms with Crippen LogP contribution in [0.4, 0.5) is 11.4 Å². The van der Waals surface area contributed by atoms with Crippen LogP contribution in [-0.4, -0.2) is 32.6 Å². The van der Waals surface area contributed by atoms with Crippen molar-refractivity contribution in [2.24, 2.45) is 5.92 Å². The second kappa shape index (κ2) is 8.22. The number of nitrogens with zero attached hydrogens (tertiary/aromatic N) is 1. The van der Waals surface area contributed by atoms with Gasteiger partial charge in [0, 0.05) is 18.8 Å². The zero-order chi connectivity index (χ0) is 20.3. The molecule has 6 nitrogen and oxygen atoms in total. The Balaban J connectivity index is 1.89. The van der Waals surface area contributed by atoms with Crippen LogP contribution in [0.3, 0.4) is 0 Å². The fourth-order valence-corrected chi connectivity index (χ4v) is 4.61. The van der Waals surface area contributed by atoms with E-state index in [-0.39, 0.29) is 16.1 Å². The topological polar surface area (TPSA) is 86.7 Å². The number of carboxylic acids is 1. The summed E-state index contributed by atoms with van der Waals surface area (Å²) in [5.74, 6) is -0.614. The Morgan fingerprint density at radius 1 is 1.21 bits per heavy atom. The first-order chi connectivity index (χ1) is 13.3. The van der Waals surface area contributed by atoms with Gasteiger partial charge in [0.05, 0.1) is 16.1 Å². The van der Waals surface area contributed by atoms with Gasteiger partial charge in [0.1, 0.15) is 0 Å². The number of carboxylic acid groups (broad SMARTS) is 1. The Kier molecular flexibility index (Phi) is 5.93. The lowest BCUT2D eigenvalue weighted by Gasteiger charge is -2.33. The predicted octanol–water partition coefficient (Wildman–Crippen LogP) is 3.98. The van der Waals surface area contributed by atoms with Gasteiger partial charge in [-0.05, 0) is 61.1 Å². The van der Waals surface area contributed by atoms with E-state index in [1.165, 1.54) is 18.2 Å². The van der Waals surface area contributed by atoms with Crippen LogP contribution in [0.5, 0.6) is 0 Å². The molecule has 0 radical (unpaired) electrons. The predicted molar refractivity (Wildman–Crippen MR) is 111 cm³/mol. The Hall–Kier alpha value is -2.54. The molecule has 0 bridgehead atoms. The lowest BCUT2D eigenvalue weighted by atomic mass is 9.99. The van der Waals surface area contributed by atoms with Crippen molar-refractivity contribution in [2.45, 2.75) is 38.0 Å². The zero-order valence-corrected chi connectivity index (χ0v) is 17.0. The molecule has 0 spiro atoms. The highest BCUT2D eigenvalue weighted by molar-refractivity contribution is 7.92. The first kappa shape index (κ1) is 20.2. The molecule has 1 fully saturated rings. The van der Waals surface area contributed by atoms with E-state index in [2.05, 4.69) is 16.5 Å². The van der Waals surface area contributed by atoms with E-state index in [9.17, 15) is 18.3 Å².